The molecule has 0 aromatic heterocycles. The summed E-state index contributed by atoms with van der Waals surface area (Å²) in [6, 6.07) is 14.2. The van der Waals surface area contributed by atoms with Crippen LogP contribution in [0.15, 0.2) is 58.5 Å². The Morgan fingerprint density at radius 1 is 1.07 bits per heavy atom. The zero-order valence-electron chi connectivity index (χ0n) is 16.5. The van der Waals surface area contributed by atoms with Gasteiger partial charge >= 0.3 is 0 Å². The van der Waals surface area contributed by atoms with Crippen molar-refractivity contribution in [1.29, 1.82) is 0 Å². The van der Waals surface area contributed by atoms with Crippen molar-refractivity contribution in [3.8, 4) is 0 Å². The van der Waals surface area contributed by atoms with Gasteiger partial charge in [-0.15, -0.1) is 0 Å². The van der Waals surface area contributed by atoms with E-state index in [0.717, 1.165) is 42.0 Å². The molecule has 1 fully saturated rings. The lowest BCUT2D eigenvalue weighted by molar-refractivity contribution is -0.113. The zero-order chi connectivity index (χ0) is 21.0. The minimum absolute atomic E-state index is 0.0191. The molecule has 1 aliphatic heterocycles. The van der Waals surface area contributed by atoms with Crippen molar-refractivity contribution in [2.24, 2.45) is 9.98 Å². The maximum Gasteiger partial charge on any atom is 0.234 e. The van der Waals surface area contributed by atoms with Crippen molar-refractivity contribution in [1.82, 2.24) is 0 Å². The molecule has 1 aliphatic carbocycles. The average molecular weight is 444 g/mol. The molecule has 4 rings (SSSR count). The van der Waals surface area contributed by atoms with Gasteiger partial charge in [-0.1, -0.05) is 66.5 Å². The van der Waals surface area contributed by atoms with Crippen LogP contribution in [0.2, 0.25) is 5.02 Å². The molecule has 2 aliphatic rings. The second-order valence-corrected chi connectivity index (χ2v) is 8.98. The Morgan fingerprint density at radius 2 is 1.80 bits per heavy atom. The third-order valence-electron chi connectivity index (χ3n) is 5.33. The smallest absolute Gasteiger partial charge is 0.234 e. The van der Waals surface area contributed by atoms with E-state index >= 15 is 0 Å². The Labute approximate surface area is 185 Å². The third-order valence-corrected chi connectivity index (χ3v) is 6.58. The Bertz CT molecular complexity index is 985. The predicted molar refractivity (Wildman–Crippen MR) is 123 cm³/mol. The first-order chi connectivity index (χ1) is 14.5. The highest BCUT2D eigenvalue weighted by atomic mass is 35.5. The molecule has 0 radical (unpaired) electrons. The van der Waals surface area contributed by atoms with E-state index in [2.05, 4.69) is 5.32 Å². The highest BCUT2D eigenvalue weighted by Crippen LogP contribution is 2.37. The molecule has 0 atom stereocenters. The zero-order valence-corrected chi connectivity index (χ0v) is 18.1. The summed E-state index contributed by atoms with van der Waals surface area (Å²) in [5.41, 5.74) is 1.98. The lowest BCUT2D eigenvalue weighted by atomic mass is 10.0. The van der Waals surface area contributed by atoms with Gasteiger partial charge in [0.1, 0.15) is 10.9 Å². The number of halogens is 2. The molecule has 1 saturated carbocycles. The van der Waals surface area contributed by atoms with Crippen molar-refractivity contribution in [2.75, 3.05) is 11.1 Å². The Balaban J connectivity index is 1.49. The van der Waals surface area contributed by atoms with Crippen LogP contribution >= 0.6 is 23.4 Å². The van der Waals surface area contributed by atoms with Crippen molar-refractivity contribution in [3.05, 3.63) is 64.9 Å². The summed E-state index contributed by atoms with van der Waals surface area (Å²) in [4.78, 5) is 22.6. The first-order valence-electron chi connectivity index (χ1n) is 10.2. The summed E-state index contributed by atoms with van der Waals surface area (Å²) in [6.45, 7) is 0. The summed E-state index contributed by atoms with van der Waals surface area (Å²) in [5.74, 6) is -0.517. The number of nitrogens with zero attached hydrogens (tertiary/aromatic N) is 2. The van der Waals surface area contributed by atoms with Crippen LogP contribution in [0, 0.1) is 5.82 Å². The lowest BCUT2D eigenvalue weighted by Crippen LogP contribution is -2.20. The number of benzene rings is 2. The fourth-order valence-electron chi connectivity index (χ4n) is 3.83. The van der Waals surface area contributed by atoms with Crippen LogP contribution in [0.25, 0.3) is 0 Å². The maximum atomic E-state index is 13.3. The molecular weight excluding hydrogens is 421 g/mol. The van der Waals surface area contributed by atoms with Crippen LogP contribution in [0.1, 0.15) is 44.1 Å². The van der Waals surface area contributed by atoms with Gasteiger partial charge in [-0.2, -0.15) is 0 Å². The van der Waals surface area contributed by atoms with E-state index in [1.807, 2.05) is 30.3 Å². The SMILES string of the molecule is O=C(CSC1=NC2(CCCCCC2)N=C1c1ccccc1)Nc1ccc(F)c(Cl)c1. The number of aliphatic imine (C=N–C) groups is 2. The standard InChI is InChI=1S/C23H23ClFN3OS/c24-18-14-17(10-11-19(18)25)26-20(29)15-30-22-21(16-8-4-3-5-9-16)27-23(28-22)12-6-1-2-7-13-23/h3-5,8-11,14H,1-2,6-7,12-13,15H2,(H,26,29). The van der Waals surface area contributed by atoms with Gasteiger partial charge in [0.05, 0.1) is 16.5 Å². The molecule has 4 nitrogen and oxygen atoms in total. The van der Waals surface area contributed by atoms with E-state index < -0.39 is 5.82 Å². The highest BCUT2D eigenvalue weighted by molar-refractivity contribution is 8.16. The Kier molecular flexibility index (Phi) is 6.54. The average Bonchev–Trinajstić information content (AvgIpc) is 2.94. The first kappa shape index (κ1) is 21.1. The van der Waals surface area contributed by atoms with Crippen LogP contribution in [0.3, 0.4) is 0 Å². The Hall–Kier alpha value is -2.18. The minimum atomic E-state index is -0.512. The molecule has 0 saturated heterocycles. The van der Waals surface area contributed by atoms with Gasteiger partial charge in [0, 0.05) is 11.3 Å². The Morgan fingerprint density at radius 3 is 2.50 bits per heavy atom. The van der Waals surface area contributed by atoms with Gasteiger partial charge in [0.15, 0.2) is 5.66 Å². The summed E-state index contributed by atoms with van der Waals surface area (Å²) in [6.07, 6.45) is 6.59. The second kappa shape index (κ2) is 9.31. The number of hydrogen-bond donors (Lipinski definition) is 1. The third kappa shape index (κ3) is 4.93. The molecule has 2 aromatic rings. The number of hydrogen-bond acceptors (Lipinski definition) is 4. The molecule has 1 N–H and O–H groups in total. The van der Waals surface area contributed by atoms with E-state index in [9.17, 15) is 9.18 Å². The molecule has 1 amide bonds. The van der Waals surface area contributed by atoms with Gasteiger partial charge in [-0.05, 0) is 43.9 Å². The van der Waals surface area contributed by atoms with Crippen molar-refractivity contribution < 1.29 is 9.18 Å². The molecule has 2 aromatic carbocycles. The van der Waals surface area contributed by atoms with Crippen molar-refractivity contribution in [3.63, 3.8) is 0 Å². The summed E-state index contributed by atoms with van der Waals surface area (Å²) in [5, 5.41) is 3.56. The summed E-state index contributed by atoms with van der Waals surface area (Å²) in [7, 11) is 0. The molecule has 0 bridgehead atoms. The van der Waals surface area contributed by atoms with Crippen LogP contribution in [-0.4, -0.2) is 28.1 Å². The molecular formula is C23H23ClFN3OS. The predicted octanol–water partition coefficient (Wildman–Crippen LogP) is 6.10. The van der Waals surface area contributed by atoms with E-state index in [4.69, 9.17) is 21.6 Å². The van der Waals surface area contributed by atoms with Crippen molar-refractivity contribution >= 4 is 45.7 Å². The fraction of sp³-hybridized carbons (Fsp3) is 0.348. The topological polar surface area (TPSA) is 53.8 Å². The second-order valence-electron chi connectivity index (χ2n) is 7.61. The summed E-state index contributed by atoms with van der Waals surface area (Å²) < 4.78 is 13.3. The lowest BCUT2D eigenvalue weighted by Gasteiger charge is -2.20. The van der Waals surface area contributed by atoms with Crippen molar-refractivity contribution in [2.45, 2.75) is 44.2 Å². The van der Waals surface area contributed by atoms with E-state index in [1.165, 1.54) is 42.8 Å². The van der Waals surface area contributed by atoms with E-state index in [1.54, 1.807) is 0 Å². The monoisotopic (exact) mass is 443 g/mol. The first-order valence-corrected chi connectivity index (χ1v) is 11.5. The number of rotatable bonds is 4. The molecule has 0 unspecified atom stereocenters. The fourth-order valence-corrected chi connectivity index (χ4v) is 4.89. The van der Waals surface area contributed by atoms with Crippen LogP contribution < -0.4 is 5.32 Å². The van der Waals surface area contributed by atoms with Crippen LogP contribution in [0.4, 0.5) is 10.1 Å². The quantitative estimate of drug-likeness (QED) is 0.620. The number of thioether (sulfide) groups is 1. The minimum Gasteiger partial charge on any atom is -0.325 e. The van der Waals surface area contributed by atoms with Crippen LogP contribution in [0.5, 0.6) is 0 Å². The largest absolute Gasteiger partial charge is 0.325 e. The number of carbonyl (C=O) groups excluding carboxylic acids is 1. The molecule has 7 heteroatoms. The maximum absolute atomic E-state index is 13.3. The number of amides is 1. The van der Waals surface area contributed by atoms with Gasteiger partial charge in [-0.25, -0.2) is 9.38 Å². The van der Waals surface area contributed by atoms with Gasteiger partial charge < -0.3 is 5.32 Å². The molecule has 1 spiro atoms. The van der Waals surface area contributed by atoms with E-state index in [-0.39, 0.29) is 22.3 Å². The molecule has 30 heavy (non-hydrogen) atoms. The molecule has 1 heterocycles. The highest BCUT2D eigenvalue weighted by Gasteiger charge is 2.37. The normalized spacial score (nSPS) is 17.9. The molecule has 156 valence electrons. The van der Waals surface area contributed by atoms with Gasteiger partial charge in [-0.3, -0.25) is 9.79 Å². The van der Waals surface area contributed by atoms with Gasteiger partial charge in [0.2, 0.25) is 5.91 Å². The summed E-state index contributed by atoms with van der Waals surface area (Å²) >= 11 is 7.19. The number of anilines is 1. The number of nitrogens with one attached hydrogen (secondary N) is 1. The van der Waals surface area contributed by atoms with Crippen LogP contribution in [-0.2, 0) is 4.79 Å². The van der Waals surface area contributed by atoms with E-state index in [0.29, 0.717) is 5.69 Å². The van der Waals surface area contributed by atoms with Gasteiger partial charge in [0.25, 0.3) is 0 Å². The number of carbonyl (C=O) groups is 1.